The molecule has 0 radical (unpaired) electrons. The van der Waals surface area contributed by atoms with Crippen LogP contribution in [0.5, 0.6) is 0 Å². The number of hydrogen-bond acceptors (Lipinski definition) is 1. The first-order chi connectivity index (χ1) is 7.33. The monoisotopic (exact) mass is 222 g/mol. The smallest absolute Gasteiger partial charge is 0.0634 e. The second-order valence-electron chi connectivity index (χ2n) is 7.13. The predicted octanol–water partition coefficient (Wildman–Crippen LogP) is 3.92. The average Bonchev–Trinajstić information content (AvgIpc) is 2.08. The highest BCUT2D eigenvalue weighted by Gasteiger charge is 2.46. The lowest BCUT2D eigenvalue weighted by Gasteiger charge is -2.50. The van der Waals surface area contributed by atoms with Crippen molar-refractivity contribution in [3.05, 3.63) is 11.6 Å². The molecule has 2 aliphatic carbocycles. The highest BCUT2D eigenvalue weighted by Crippen LogP contribution is 2.53. The van der Waals surface area contributed by atoms with Gasteiger partial charge in [-0.3, -0.25) is 0 Å². The summed E-state index contributed by atoms with van der Waals surface area (Å²) in [5.41, 5.74) is 1.95. The van der Waals surface area contributed by atoms with Crippen LogP contribution in [0.1, 0.15) is 59.8 Å². The molecule has 0 aromatic heterocycles. The third-order valence-corrected chi connectivity index (χ3v) is 4.45. The Hall–Kier alpha value is -0.300. The molecule has 0 aliphatic heterocycles. The zero-order valence-corrected chi connectivity index (χ0v) is 11.2. The van der Waals surface area contributed by atoms with Crippen LogP contribution in [0.3, 0.4) is 0 Å². The van der Waals surface area contributed by atoms with E-state index in [0.29, 0.717) is 5.41 Å². The molecule has 2 aliphatic rings. The lowest BCUT2D eigenvalue weighted by atomic mass is 9.56. The van der Waals surface area contributed by atoms with Gasteiger partial charge in [-0.2, -0.15) is 0 Å². The summed E-state index contributed by atoms with van der Waals surface area (Å²) in [5, 5.41) is 10.4. The SMILES string of the molecule is CC1=CC2(CC(C)CC(C)(C)C2)C(O)CC1. The summed E-state index contributed by atoms with van der Waals surface area (Å²) in [6.45, 7) is 9.27. The summed E-state index contributed by atoms with van der Waals surface area (Å²) < 4.78 is 0. The lowest BCUT2D eigenvalue weighted by molar-refractivity contribution is -0.0336. The molecule has 3 unspecified atom stereocenters. The van der Waals surface area contributed by atoms with Crippen molar-refractivity contribution >= 4 is 0 Å². The molecule has 1 spiro atoms. The minimum Gasteiger partial charge on any atom is -0.392 e. The fourth-order valence-electron chi connectivity index (χ4n) is 4.37. The van der Waals surface area contributed by atoms with E-state index in [9.17, 15) is 5.11 Å². The van der Waals surface area contributed by atoms with Gasteiger partial charge in [0.15, 0.2) is 0 Å². The fourth-order valence-corrected chi connectivity index (χ4v) is 4.37. The largest absolute Gasteiger partial charge is 0.392 e. The number of allylic oxidation sites excluding steroid dienone is 1. The molecule has 1 heteroatoms. The van der Waals surface area contributed by atoms with E-state index in [1.54, 1.807) is 0 Å². The van der Waals surface area contributed by atoms with Crippen molar-refractivity contribution in [3.63, 3.8) is 0 Å². The Morgan fingerprint density at radius 3 is 2.62 bits per heavy atom. The molecule has 0 amide bonds. The Morgan fingerprint density at radius 1 is 1.31 bits per heavy atom. The molecule has 92 valence electrons. The Bertz CT molecular complexity index is 303. The summed E-state index contributed by atoms with van der Waals surface area (Å²) in [6.07, 6.45) is 7.96. The third kappa shape index (κ3) is 2.20. The van der Waals surface area contributed by atoms with Crippen LogP contribution in [0.2, 0.25) is 0 Å². The van der Waals surface area contributed by atoms with Gasteiger partial charge in [0, 0.05) is 5.41 Å². The van der Waals surface area contributed by atoms with Gasteiger partial charge < -0.3 is 5.11 Å². The molecular weight excluding hydrogens is 196 g/mol. The van der Waals surface area contributed by atoms with Crippen molar-refractivity contribution in [2.45, 2.75) is 65.9 Å². The molecule has 1 N–H and O–H groups in total. The summed E-state index contributed by atoms with van der Waals surface area (Å²) in [6, 6.07) is 0. The molecular formula is C15H26O. The molecule has 3 atom stereocenters. The first-order valence-electron chi connectivity index (χ1n) is 6.69. The predicted molar refractivity (Wildman–Crippen MR) is 68.2 cm³/mol. The Balaban J connectivity index is 2.32. The molecule has 0 aromatic carbocycles. The van der Waals surface area contributed by atoms with Crippen LogP contribution in [0.25, 0.3) is 0 Å². The van der Waals surface area contributed by atoms with Crippen molar-refractivity contribution in [3.8, 4) is 0 Å². The van der Waals surface area contributed by atoms with Crippen LogP contribution >= 0.6 is 0 Å². The van der Waals surface area contributed by atoms with Crippen molar-refractivity contribution in [1.82, 2.24) is 0 Å². The highest BCUT2D eigenvalue weighted by molar-refractivity contribution is 5.17. The highest BCUT2D eigenvalue weighted by atomic mass is 16.3. The van der Waals surface area contributed by atoms with Gasteiger partial charge in [-0.1, -0.05) is 32.4 Å². The van der Waals surface area contributed by atoms with E-state index in [1.165, 1.54) is 18.4 Å². The molecule has 16 heavy (non-hydrogen) atoms. The summed E-state index contributed by atoms with van der Waals surface area (Å²) >= 11 is 0. The van der Waals surface area contributed by atoms with E-state index in [-0.39, 0.29) is 11.5 Å². The van der Waals surface area contributed by atoms with Crippen LogP contribution in [-0.2, 0) is 0 Å². The number of rotatable bonds is 0. The van der Waals surface area contributed by atoms with E-state index in [1.807, 2.05) is 0 Å². The molecule has 0 saturated heterocycles. The fraction of sp³-hybridized carbons (Fsp3) is 0.867. The van der Waals surface area contributed by atoms with Crippen LogP contribution < -0.4 is 0 Å². The molecule has 2 rings (SSSR count). The van der Waals surface area contributed by atoms with Gasteiger partial charge in [0.05, 0.1) is 6.10 Å². The van der Waals surface area contributed by atoms with Crippen molar-refractivity contribution in [2.75, 3.05) is 0 Å². The molecule has 0 aromatic rings. The van der Waals surface area contributed by atoms with Gasteiger partial charge in [0.2, 0.25) is 0 Å². The number of aliphatic hydroxyl groups excluding tert-OH is 1. The maximum Gasteiger partial charge on any atom is 0.0634 e. The van der Waals surface area contributed by atoms with Crippen molar-refractivity contribution in [2.24, 2.45) is 16.7 Å². The number of hydrogen-bond donors (Lipinski definition) is 1. The molecule has 1 nitrogen and oxygen atoms in total. The van der Waals surface area contributed by atoms with Gasteiger partial charge in [-0.15, -0.1) is 0 Å². The standard InChI is InChI=1S/C15H26O/c1-11-5-6-13(16)15(8-11)9-12(2)7-14(3,4)10-15/h8,12-13,16H,5-7,9-10H2,1-4H3. The lowest BCUT2D eigenvalue weighted by Crippen LogP contribution is -2.45. The Labute approximate surface area is 99.9 Å². The molecule has 0 bridgehead atoms. The second kappa shape index (κ2) is 3.87. The molecule has 1 fully saturated rings. The van der Waals surface area contributed by atoms with E-state index in [2.05, 4.69) is 33.8 Å². The first kappa shape index (κ1) is 12.2. The molecule has 1 saturated carbocycles. The third-order valence-electron chi connectivity index (χ3n) is 4.45. The minimum atomic E-state index is -0.113. The van der Waals surface area contributed by atoms with Gasteiger partial charge in [-0.25, -0.2) is 0 Å². The first-order valence-corrected chi connectivity index (χ1v) is 6.69. The van der Waals surface area contributed by atoms with Gasteiger partial charge in [0.1, 0.15) is 0 Å². The van der Waals surface area contributed by atoms with Crippen LogP contribution in [0, 0.1) is 16.7 Å². The Morgan fingerprint density at radius 2 is 2.00 bits per heavy atom. The van der Waals surface area contributed by atoms with E-state index in [4.69, 9.17) is 0 Å². The van der Waals surface area contributed by atoms with Crippen molar-refractivity contribution in [1.29, 1.82) is 0 Å². The van der Waals surface area contributed by atoms with Gasteiger partial charge in [0.25, 0.3) is 0 Å². The minimum absolute atomic E-state index is 0.0868. The number of aliphatic hydroxyl groups is 1. The normalized spacial score (nSPS) is 43.2. The summed E-state index contributed by atoms with van der Waals surface area (Å²) in [7, 11) is 0. The average molecular weight is 222 g/mol. The van der Waals surface area contributed by atoms with Crippen LogP contribution in [0.15, 0.2) is 11.6 Å². The quantitative estimate of drug-likeness (QED) is 0.616. The molecule has 0 heterocycles. The van der Waals surface area contributed by atoms with Crippen LogP contribution in [0.4, 0.5) is 0 Å². The van der Waals surface area contributed by atoms with E-state index >= 15 is 0 Å². The zero-order valence-electron chi connectivity index (χ0n) is 11.2. The maximum absolute atomic E-state index is 10.4. The van der Waals surface area contributed by atoms with Gasteiger partial charge in [-0.05, 0) is 50.4 Å². The second-order valence-corrected chi connectivity index (χ2v) is 7.13. The summed E-state index contributed by atoms with van der Waals surface area (Å²) in [4.78, 5) is 0. The van der Waals surface area contributed by atoms with Crippen molar-refractivity contribution < 1.29 is 5.11 Å². The summed E-state index contributed by atoms with van der Waals surface area (Å²) in [5.74, 6) is 0.737. The van der Waals surface area contributed by atoms with E-state index < -0.39 is 0 Å². The maximum atomic E-state index is 10.4. The van der Waals surface area contributed by atoms with Gasteiger partial charge >= 0.3 is 0 Å². The topological polar surface area (TPSA) is 20.2 Å². The Kier molecular flexibility index (Phi) is 2.94. The zero-order chi connectivity index (χ0) is 12.0. The van der Waals surface area contributed by atoms with Crippen LogP contribution in [-0.4, -0.2) is 11.2 Å². The van der Waals surface area contributed by atoms with E-state index in [0.717, 1.165) is 25.2 Å².